The first-order valence-electron chi connectivity index (χ1n) is 9.57. The average molecular weight is 418 g/mol. The molecule has 1 amide bonds. The van der Waals surface area contributed by atoms with Gasteiger partial charge in [0.2, 0.25) is 0 Å². The molecule has 4 rings (SSSR count). The zero-order valence-electron chi connectivity index (χ0n) is 16.4. The molecule has 0 saturated heterocycles. The monoisotopic (exact) mass is 417 g/mol. The van der Waals surface area contributed by atoms with Gasteiger partial charge < -0.3 is 4.90 Å². The molecular weight excluding hydrogens is 398 g/mol. The maximum absolute atomic E-state index is 13.1. The molecule has 0 fully saturated rings. The summed E-state index contributed by atoms with van der Waals surface area (Å²) < 4.78 is 0. The summed E-state index contributed by atoms with van der Waals surface area (Å²) in [5.41, 5.74) is 3.47. The van der Waals surface area contributed by atoms with E-state index in [-0.39, 0.29) is 18.2 Å². The van der Waals surface area contributed by atoms with Gasteiger partial charge in [0, 0.05) is 28.8 Å². The van der Waals surface area contributed by atoms with Gasteiger partial charge in [0.25, 0.3) is 5.91 Å². The number of nitrogens with zero attached hydrogens (tertiary/aromatic N) is 2. The summed E-state index contributed by atoms with van der Waals surface area (Å²) in [6.07, 6.45) is -0.915. The van der Waals surface area contributed by atoms with E-state index in [1.165, 1.54) is 0 Å². The van der Waals surface area contributed by atoms with Crippen LogP contribution in [0.2, 0.25) is 5.02 Å². The molecule has 5 nitrogen and oxygen atoms in total. The van der Waals surface area contributed by atoms with E-state index in [9.17, 15) is 9.59 Å². The van der Waals surface area contributed by atoms with Crippen molar-refractivity contribution in [3.05, 3.63) is 101 Å². The summed E-state index contributed by atoms with van der Waals surface area (Å²) >= 11 is 6.45. The van der Waals surface area contributed by atoms with Crippen molar-refractivity contribution < 1.29 is 9.59 Å². The molecule has 0 saturated carbocycles. The molecule has 0 bridgehead atoms. The van der Waals surface area contributed by atoms with Gasteiger partial charge in [-0.15, -0.1) is 0 Å². The average Bonchev–Trinajstić information content (AvgIpc) is 2.89. The fourth-order valence-electron chi connectivity index (χ4n) is 3.44. The van der Waals surface area contributed by atoms with Crippen molar-refractivity contribution in [1.29, 1.82) is 0 Å². The number of carbonyl (C=O) groups excluding carboxylic acids is 2. The number of carbonyl (C=O) groups is 2. The van der Waals surface area contributed by atoms with Crippen LogP contribution in [0.3, 0.4) is 0 Å². The van der Waals surface area contributed by atoms with Gasteiger partial charge >= 0.3 is 0 Å². The van der Waals surface area contributed by atoms with Crippen molar-refractivity contribution in [3.8, 4) is 0 Å². The SMILES string of the molecule is CN1C(=O)C(NCC(=O)c2ccccc2)N=C(c2ccccc2Cl)c2ccccc21. The summed E-state index contributed by atoms with van der Waals surface area (Å²) in [6, 6.07) is 23.9. The topological polar surface area (TPSA) is 61.8 Å². The van der Waals surface area contributed by atoms with Crippen molar-refractivity contribution in [2.75, 3.05) is 18.5 Å². The number of rotatable bonds is 5. The van der Waals surface area contributed by atoms with Crippen LogP contribution in [0.15, 0.2) is 83.9 Å². The number of hydrogen-bond donors (Lipinski definition) is 1. The number of amides is 1. The number of nitrogens with one attached hydrogen (secondary N) is 1. The number of anilines is 1. The van der Waals surface area contributed by atoms with Crippen LogP contribution < -0.4 is 10.2 Å². The maximum atomic E-state index is 13.1. The van der Waals surface area contributed by atoms with Gasteiger partial charge in [0.1, 0.15) is 0 Å². The Morgan fingerprint density at radius 2 is 1.60 bits per heavy atom. The lowest BCUT2D eigenvalue weighted by atomic mass is 10.0. The first kappa shape index (κ1) is 20.0. The van der Waals surface area contributed by atoms with Crippen LogP contribution in [0, 0.1) is 0 Å². The van der Waals surface area contributed by atoms with E-state index in [1.807, 2.05) is 60.7 Å². The number of likely N-dealkylation sites (N-methyl/N-ethyl adjacent to an activating group) is 1. The van der Waals surface area contributed by atoms with E-state index >= 15 is 0 Å². The van der Waals surface area contributed by atoms with Crippen molar-refractivity contribution in [3.63, 3.8) is 0 Å². The van der Waals surface area contributed by atoms with Gasteiger partial charge in [-0.3, -0.25) is 19.9 Å². The van der Waals surface area contributed by atoms with Gasteiger partial charge in [-0.2, -0.15) is 0 Å². The van der Waals surface area contributed by atoms with E-state index in [2.05, 4.69) is 5.32 Å². The third-order valence-corrected chi connectivity index (χ3v) is 5.35. The summed E-state index contributed by atoms with van der Waals surface area (Å²) in [5, 5.41) is 3.57. The number of para-hydroxylation sites is 1. The smallest absolute Gasteiger partial charge is 0.266 e. The molecule has 1 unspecified atom stereocenters. The third kappa shape index (κ3) is 3.90. The van der Waals surface area contributed by atoms with Crippen LogP contribution >= 0.6 is 11.6 Å². The first-order chi connectivity index (χ1) is 14.6. The van der Waals surface area contributed by atoms with Gasteiger partial charge in [-0.05, 0) is 12.1 Å². The molecule has 0 spiro atoms. The Morgan fingerprint density at radius 1 is 0.967 bits per heavy atom. The fraction of sp³-hybridized carbons (Fsp3) is 0.125. The van der Waals surface area contributed by atoms with E-state index < -0.39 is 6.17 Å². The highest BCUT2D eigenvalue weighted by atomic mass is 35.5. The molecule has 3 aromatic rings. The quantitative estimate of drug-likeness (QED) is 0.639. The summed E-state index contributed by atoms with van der Waals surface area (Å²) in [7, 11) is 1.71. The number of benzodiazepines with no additional fused rings is 1. The Bertz CT molecular complexity index is 1130. The molecule has 0 aromatic heterocycles. The number of aliphatic imine (C=N–C) groups is 1. The number of fused-ring (bicyclic) bond motifs is 1. The fourth-order valence-corrected chi connectivity index (χ4v) is 3.66. The minimum Gasteiger partial charge on any atom is -0.312 e. The largest absolute Gasteiger partial charge is 0.312 e. The molecule has 1 atom stereocenters. The van der Waals surface area contributed by atoms with Gasteiger partial charge in [0.05, 0.1) is 17.9 Å². The Labute approximate surface area is 180 Å². The predicted molar refractivity (Wildman–Crippen MR) is 120 cm³/mol. The van der Waals surface area contributed by atoms with Crippen molar-refractivity contribution in [2.45, 2.75) is 6.17 Å². The number of Topliss-reactive ketones (excluding diaryl/α,β-unsaturated/α-hetero) is 1. The van der Waals surface area contributed by atoms with Crippen molar-refractivity contribution in [1.82, 2.24) is 5.32 Å². The molecular formula is C24H20ClN3O2. The van der Waals surface area contributed by atoms with Crippen molar-refractivity contribution >= 4 is 34.7 Å². The summed E-state index contributed by atoms with van der Waals surface area (Å²) in [4.78, 5) is 31.9. The number of benzene rings is 3. The minimum absolute atomic E-state index is 0.0100. The zero-order chi connectivity index (χ0) is 21.1. The van der Waals surface area contributed by atoms with Crippen molar-refractivity contribution in [2.24, 2.45) is 4.99 Å². The summed E-state index contributed by atoms with van der Waals surface area (Å²) in [6.45, 7) is -0.0100. The molecule has 1 heterocycles. The van der Waals surface area contributed by atoms with Gasteiger partial charge in [-0.1, -0.05) is 78.3 Å². The number of halogens is 1. The molecule has 1 aliphatic rings. The van der Waals surface area contributed by atoms with E-state index in [4.69, 9.17) is 16.6 Å². The Morgan fingerprint density at radius 3 is 2.33 bits per heavy atom. The Kier molecular flexibility index (Phi) is 5.74. The van der Waals surface area contributed by atoms with E-state index in [0.29, 0.717) is 16.3 Å². The molecule has 6 heteroatoms. The molecule has 30 heavy (non-hydrogen) atoms. The first-order valence-corrected chi connectivity index (χ1v) is 9.95. The zero-order valence-corrected chi connectivity index (χ0v) is 17.1. The molecule has 150 valence electrons. The predicted octanol–water partition coefficient (Wildman–Crippen LogP) is 3.95. The van der Waals surface area contributed by atoms with Crippen LogP contribution in [0.4, 0.5) is 5.69 Å². The van der Waals surface area contributed by atoms with Crippen LogP contribution in [0.25, 0.3) is 0 Å². The molecule has 0 radical (unpaired) electrons. The lowest BCUT2D eigenvalue weighted by Gasteiger charge is -2.20. The second-order valence-corrected chi connectivity index (χ2v) is 7.35. The lowest BCUT2D eigenvalue weighted by molar-refractivity contribution is -0.120. The highest BCUT2D eigenvalue weighted by Crippen LogP contribution is 2.29. The number of ketones is 1. The molecule has 1 N–H and O–H groups in total. The number of hydrogen-bond acceptors (Lipinski definition) is 4. The van der Waals surface area contributed by atoms with E-state index in [1.54, 1.807) is 30.1 Å². The molecule has 1 aliphatic heterocycles. The summed E-state index contributed by atoms with van der Waals surface area (Å²) in [5.74, 6) is -0.354. The highest BCUT2D eigenvalue weighted by Gasteiger charge is 2.30. The van der Waals surface area contributed by atoms with Gasteiger partial charge in [-0.25, -0.2) is 0 Å². The Balaban J connectivity index is 1.72. The van der Waals surface area contributed by atoms with Crippen LogP contribution in [-0.2, 0) is 4.79 Å². The minimum atomic E-state index is -0.915. The lowest BCUT2D eigenvalue weighted by Crippen LogP contribution is -2.45. The van der Waals surface area contributed by atoms with E-state index in [0.717, 1.165) is 16.8 Å². The highest BCUT2D eigenvalue weighted by molar-refractivity contribution is 6.36. The second-order valence-electron chi connectivity index (χ2n) is 6.94. The van der Waals surface area contributed by atoms with Crippen LogP contribution in [0.1, 0.15) is 21.5 Å². The molecule has 3 aromatic carbocycles. The van der Waals surface area contributed by atoms with Crippen LogP contribution in [0.5, 0.6) is 0 Å². The third-order valence-electron chi connectivity index (χ3n) is 5.02. The molecule has 0 aliphatic carbocycles. The standard InChI is InChI=1S/C24H20ClN3O2/c1-28-20-14-8-6-12-18(20)22(17-11-5-7-13-19(17)25)27-23(24(28)30)26-15-21(29)16-9-3-2-4-10-16/h2-14,23,26H,15H2,1H3. The Hall–Kier alpha value is -3.28. The van der Waals surface area contributed by atoms with Crippen LogP contribution in [-0.4, -0.2) is 37.2 Å². The normalized spacial score (nSPS) is 15.9. The second kappa shape index (κ2) is 8.61. The van der Waals surface area contributed by atoms with Gasteiger partial charge in [0.15, 0.2) is 11.9 Å². The maximum Gasteiger partial charge on any atom is 0.266 e.